The number of fused-ring (bicyclic) bond motifs is 1. The third-order valence-corrected chi connectivity index (χ3v) is 6.14. The molecule has 0 aliphatic carbocycles. The molecule has 3 aromatic rings. The molecule has 1 aromatic heterocycles. The Kier molecular flexibility index (Phi) is 7.11. The van der Waals surface area contributed by atoms with E-state index in [9.17, 15) is 4.79 Å². The van der Waals surface area contributed by atoms with Crippen molar-refractivity contribution in [2.45, 2.75) is 19.9 Å². The Labute approximate surface area is 194 Å². The molecule has 0 radical (unpaired) electrons. The van der Waals surface area contributed by atoms with Gasteiger partial charge in [0.1, 0.15) is 0 Å². The van der Waals surface area contributed by atoms with Crippen LogP contribution in [-0.4, -0.2) is 62.9 Å². The fourth-order valence-electron chi connectivity index (χ4n) is 4.29. The zero-order valence-electron chi connectivity index (χ0n) is 19.7. The van der Waals surface area contributed by atoms with Crippen molar-refractivity contribution < 1.29 is 19.0 Å². The standard InChI is InChI=1S/C26H31N3O4/c1-17-5-6-19-14-21(18(2)28-22(19)13-17)26(30)27-16-23(29-9-11-33-12-10-29)20-7-8-24(31-3)25(15-20)32-4/h5-8,13-15,23H,9-12,16H2,1-4H3,(H,27,30). The third kappa shape index (κ3) is 5.10. The predicted molar refractivity (Wildman–Crippen MR) is 128 cm³/mol. The molecule has 1 atom stereocenters. The van der Waals surface area contributed by atoms with Crippen LogP contribution in [0.1, 0.15) is 33.2 Å². The highest BCUT2D eigenvalue weighted by Gasteiger charge is 2.25. The number of benzene rings is 2. The van der Waals surface area contributed by atoms with E-state index in [1.165, 1.54) is 0 Å². The van der Waals surface area contributed by atoms with Crippen LogP contribution in [0.5, 0.6) is 11.5 Å². The molecule has 2 aromatic carbocycles. The molecular weight excluding hydrogens is 418 g/mol. The minimum atomic E-state index is -0.124. The van der Waals surface area contributed by atoms with Crippen LogP contribution in [0.2, 0.25) is 0 Å². The number of ether oxygens (including phenoxy) is 3. The highest BCUT2D eigenvalue weighted by molar-refractivity contribution is 5.98. The van der Waals surface area contributed by atoms with Gasteiger partial charge in [0.15, 0.2) is 11.5 Å². The minimum Gasteiger partial charge on any atom is -0.493 e. The number of morpholine rings is 1. The fourth-order valence-corrected chi connectivity index (χ4v) is 4.29. The van der Waals surface area contributed by atoms with Crippen LogP contribution in [0.3, 0.4) is 0 Å². The van der Waals surface area contributed by atoms with Crippen molar-refractivity contribution in [1.29, 1.82) is 0 Å². The maximum atomic E-state index is 13.2. The van der Waals surface area contributed by atoms with Gasteiger partial charge in [-0.3, -0.25) is 14.7 Å². The second-order valence-electron chi connectivity index (χ2n) is 8.31. The Hall–Kier alpha value is -3.16. The van der Waals surface area contributed by atoms with Crippen LogP contribution in [0.4, 0.5) is 0 Å². The van der Waals surface area contributed by atoms with E-state index in [2.05, 4.69) is 15.2 Å². The zero-order chi connectivity index (χ0) is 23.4. The summed E-state index contributed by atoms with van der Waals surface area (Å²) in [4.78, 5) is 20.2. The second kappa shape index (κ2) is 10.2. The number of nitrogens with zero attached hydrogens (tertiary/aromatic N) is 2. The van der Waals surface area contributed by atoms with Crippen molar-refractivity contribution in [3.8, 4) is 11.5 Å². The van der Waals surface area contributed by atoms with Gasteiger partial charge < -0.3 is 19.5 Å². The van der Waals surface area contributed by atoms with Crippen molar-refractivity contribution in [1.82, 2.24) is 15.2 Å². The molecule has 1 amide bonds. The summed E-state index contributed by atoms with van der Waals surface area (Å²) in [5, 5.41) is 4.10. The van der Waals surface area contributed by atoms with E-state index in [1.54, 1.807) is 14.2 Å². The molecule has 1 unspecified atom stereocenters. The molecule has 0 saturated carbocycles. The average molecular weight is 450 g/mol. The largest absolute Gasteiger partial charge is 0.493 e. The summed E-state index contributed by atoms with van der Waals surface area (Å²) >= 11 is 0. The van der Waals surface area contributed by atoms with Gasteiger partial charge in [0, 0.05) is 25.0 Å². The number of carbonyl (C=O) groups excluding carboxylic acids is 1. The van der Waals surface area contributed by atoms with Gasteiger partial charge in [0.05, 0.1) is 50.2 Å². The molecule has 0 bridgehead atoms. The lowest BCUT2D eigenvalue weighted by Gasteiger charge is -2.35. The molecule has 1 aliphatic heterocycles. The Morgan fingerprint density at radius 2 is 1.82 bits per heavy atom. The monoisotopic (exact) mass is 449 g/mol. The quantitative estimate of drug-likeness (QED) is 0.593. The van der Waals surface area contributed by atoms with Gasteiger partial charge in [-0.1, -0.05) is 18.2 Å². The van der Waals surface area contributed by atoms with Crippen molar-refractivity contribution in [3.05, 3.63) is 64.8 Å². The van der Waals surface area contributed by atoms with Crippen LogP contribution in [0.25, 0.3) is 10.9 Å². The van der Waals surface area contributed by atoms with Gasteiger partial charge in [0.2, 0.25) is 0 Å². The number of amides is 1. The molecule has 7 nitrogen and oxygen atoms in total. The Balaban J connectivity index is 1.58. The number of carbonyl (C=O) groups is 1. The maximum absolute atomic E-state index is 13.2. The van der Waals surface area contributed by atoms with Crippen LogP contribution in [0, 0.1) is 13.8 Å². The van der Waals surface area contributed by atoms with Crippen molar-refractivity contribution >= 4 is 16.8 Å². The van der Waals surface area contributed by atoms with E-state index < -0.39 is 0 Å². The number of rotatable bonds is 7. The summed E-state index contributed by atoms with van der Waals surface area (Å²) in [6, 6.07) is 13.9. The molecular formula is C26H31N3O4. The lowest BCUT2D eigenvalue weighted by atomic mass is 10.0. The highest BCUT2D eigenvalue weighted by atomic mass is 16.5. The Bertz CT molecular complexity index is 1140. The topological polar surface area (TPSA) is 72.9 Å². The first-order chi connectivity index (χ1) is 16.0. The lowest BCUT2D eigenvalue weighted by Crippen LogP contribution is -2.44. The third-order valence-electron chi connectivity index (χ3n) is 6.14. The minimum absolute atomic E-state index is 0.0194. The summed E-state index contributed by atoms with van der Waals surface area (Å²) < 4.78 is 16.4. The molecule has 1 fully saturated rings. The first kappa shape index (κ1) is 23.0. The molecule has 1 N–H and O–H groups in total. The van der Waals surface area contributed by atoms with Gasteiger partial charge in [-0.05, 0) is 49.2 Å². The summed E-state index contributed by atoms with van der Waals surface area (Å²) in [7, 11) is 3.25. The summed E-state index contributed by atoms with van der Waals surface area (Å²) in [6.45, 7) is 7.31. The first-order valence-electron chi connectivity index (χ1n) is 11.2. The highest BCUT2D eigenvalue weighted by Crippen LogP contribution is 2.32. The normalized spacial score (nSPS) is 15.3. The number of pyridine rings is 1. The van der Waals surface area contributed by atoms with Crippen LogP contribution < -0.4 is 14.8 Å². The number of hydrogen-bond donors (Lipinski definition) is 1. The van der Waals surface area contributed by atoms with Gasteiger partial charge >= 0.3 is 0 Å². The molecule has 0 spiro atoms. The van der Waals surface area contributed by atoms with Gasteiger partial charge in [-0.25, -0.2) is 0 Å². The number of aryl methyl sites for hydroxylation is 2. The number of nitrogens with one attached hydrogen (secondary N) is 1. The van der Waals surface area contributed by atoms with Crippen LogP contribution in [-0.2, 0) is 4.74 Å². The number of hydrogen-bond acceptors (Lipinski definition) is 6. The maximum Gasteiger partial charge on any atom is 0.253 e. The van der Waals surface area contributed by atoms with Gasteiger partial charge in [-0.15, -0.1) is 0 Å². The molecule has 4 rings (SSSR count). The molecule has 1 saturated heterocycles. The van der Waals surface area contributed by atoms with E-state index in [1.807, 2.05) is 56.3 Å². The molecule has 2 heterocycles. The molecule has 1 aliphatic rings. The zero-order valence-corrected chi connectivity index (χ0v) is 19.7. The SMILES string of the molecule is COc1ccc(C(CNC(=O)c2cc3ccc(C)cc3nc2C)N2CCOCC2)cc1OC. The Morgan fingerprint density at radius 3 is 2.55 bits per heavy atom. The van der Waals surface area contributed by atoms with Gasteiger partial charge in [0.25, 0.3) is 5.91 Å². The smallest absolute Gasteiger partial charge is 0.253 e. The average Bonchev–Trinajstić information content (AvgIpc) is 2.84. The first-order valence-corrected chi connectivity index (χ1v) is 11.2. The van der Waals surface area contributed by atoms with E-state index in [0.717, 1.165) is 40.8 Å². The lowest BCUT2D eigenvalue weighted by molar-refractivity contribution is 0.0162. The second-order valence-corrected chi connectivity index (χ2v) is 8.31. The van der Waals surface area contributed by atoms with E-state index in [-0.39, 0.29) is 11.9 Å². The molecule has 7 heteroatoms. The summed E-state index contributed by atoms with van der Waals surface area (Å²) in [5.41, 5.74) is 4.42. The van der Waals surface area contributed by atoms with E-state index >= 15 is 0 Å². The molecule has 174 valence electrons. The summed E-state index contributed by atoms with van der Waals surface area (Å²) in [5.74, 6) is 1.23. The van der Waals surface area contributed by atoms with Gasteiger partial charge in [-0.2, -0.15) is 0 Å². The van der Waals surface area contributed by atoms with Crippen molar-refractivity contribution in [3.63, 3.8) is 0 Å². The van der Waals surface area contributed by atoms with Crippen molar-refractivity contribution in [2.24, 2.45) is 0 Å². The van der Waals surface area contributed by atoms with Crippen LogP contribution in [0.15, 0.2) is 42.5 Å². The van der Waals surface area contributed by atoms with Crippen molar-refractivity contribution in [2.75, 3.05) is 47.1 Å². The molecule has 33 heavy (non-hydrogen) atoms. The fraction of sp³-hybridized carbons (Fsp3) is 0.385. The van der Waals surface area contributed by atoms with E-state index in [0.29, 0.717) is 36.8 Å². The van der Waals surface area contributed by atoms with E-state index in [4.69, 9.17) is 14.2 Å². The van der Waals surface area contributed by atoms with Crippen LogP contribution >= 0.6 is 0 Å². The summed E-state index contributed by atoms with van der Waals surface area (Å²) in [6.07, 6.45) is 0. The number of aromatic nitrogens is 1. The Morgan fingerprint density at radius 1 is 1.06 bits per heavy atom. The predicted octanol–water partition coefficient (Wildman–Crippen LogP) is 3.67. The number of methoxy groups -OCH3 is 2.